The molecule has 0 spiro atoms. The Bertz CT molecular complexity index is 2430. The Labute approximate surface area is 430 Å². The van der Waals surface area contributed by atoms with Crippen LogP contribution in [-0.2, 0) is 42.8 Å². The first-order valence-corrected chi connectivity index (χ1v) is 24.0. The average molecular weight is 1010 g/mol. The number of ketones is 3. The minimum Gasteiger partial charge on any atom is -0.482 e. The average Bonchev–Trinajstić information content (AvgIpc) is 3.41. The van der Waals surface area contributed by atoms with Gasteiger partial charge in [-0.1, -0.05) is 97.9 Å². The molecule has 15 nitrogen and oxygen atoms in total. The zero-order valence-corrected chi connectivity index (χ0v) is 41.8. The molecule has 0 aliphatic heterocycles. The van der Waals surface area contributed by atoms with Gasteiger partial charge in [-0.15, -0.1) is 0 Å². The van der Waals surface area contributed by atoms with Crippen LogP contribution >= 0.6 is 0 Å². The van der Waals surface area contributed by atoms with Crippen LogP contribution in [0.5, 0.6) is 17.2 Å². The molecule has 0 bridgehead atoms. The first-order chi connectivity index (χ1) is 35.7. The highest BCUT2D eigenvalue weighted by Gasteiger charge is 2.28. The number of benzene rings is 6. The molecular formula is C59H60O15. The van der Waals surface area contributed by atoms with Crippen LogP contribution in [-0.4, -0.2) is 113 Å². The van der Waals surface area contributed by atoms with Crippen molar-refractivity contribution in [3.05, 3.63) is 197 Å². The SMILES string of the molecule is CC(COCC(C)(COCC(C)OC(=O)COc1ccc(C(=O)c2ccccc2)cc1)COCC(C)OC(=O)COc1ccc(C(=O)c2ccccc2)cc1)OC(=O)COc1ccc(C(=O)c2ccccc2)cc1. The number of hydrogen-bond donors (Lipinski definition) is 0. The van der Waals surface area contributed by atoms with E-state index in [0.29, 0.717) is 50.6 Å². The Morgan fingerprint density at radius 2 is 0.581 bits per heavy atom. The van der Waals surface area contributed by atoms with E-state index in [1.165, 1.54) is 0 Å². The van der Waals surface area contributed by atoms with Crippen LogP contribution in [0.4, 0.5) is 0 Å². The van der Waals surface area contributed by atoms with Crippen LogP contribution in [0, 0.1) is 5.41 Å². The van der Waals surface area contributed by atoms with Gasteiger partial charge in [0.2, 0.25) is 0 Å². The quantitative estimate of drug-likeness (QED) is 0.0237. The van der Waals surface area contributed by atoms with Crippen molar-refractivity contribution in [2.24, 2.45) is 5.41 Å². The largest absolute Gasteiger partial charge is 0.482 e. The maximum Gasteiger partial charge on any atom is 0.344 e. The van der Waals surface area contributed by atoms with E-state index in [0.717, 1.165) is 0 Å². The van der Waals surface area contributed by atoms with Gasteiger partial charge < -0.3 is 42.6 Å². The molecule has 0 heterocycles. The highest BCUT2D eigenvalue weighted by atomic mass is 16.6. The summed E-state index contributed by atoms with van der Waals surface area (Å²) in [4.78, 5) is 76.3. The smallest absolute Gasteiger partial charge is 0.344 e. The monoisotopic (exact) mass is 1010 g/mol. The van der Waals surface area contributed by atoms with Crippen molar-refractivity contribution in [1.82, 2.24) is 0 Å². The van der Waals surface area contributed by atoms with Gasteiger partial charge in [-0.3, -0.25) is 14.4 Å². The van der Waals surface area contributed by atoms with E-state index in [-0.39, 0.29) is 76.8 Å². The van der Waals surface area contributed by atoms with E-state index in [1.54, 1.807) is 166 Å². The fourth-order valence-electron chi connectivity index (χ4n) is 7.22. The molecule has 3 unspecified atom stereocenters. The molecule has 0 fully saturated rings. The first-order valence-electron chi connectivity index (χ1n) is 24.0. The molecule has 0 saturated carbocycles. The van der Waals surface area contributed by atoms with E-state index in [2.05, 4.69) is 0 Å². The van der Waals surface area contributed by atoms with E-state index in [9.17, 15) is 28.8 Å². The molecule has 6 aromatic carbocycles. The highest BCUT2D eigenvalue weighted by molar-refractivity contribution is 6.10. The number of rotatable bonds is 30. The van der Waals surface area contributed by atoms with E-state index >= 15 is 0 Å². The number of esters is 3. The predicted molar refractivity (Wildman–Crippen MR) is 273 cm³/mol. The maximum absolute atomic E-state index is 12.7. The summed E-state index contributed by atoms with van der Waals surface area (Å²) in [5.74, 6) is -1.09. The van der Waals surface area contributed by atoms with Gasteiger partial charge in [-0.2, -0.15) is 0 Å². The molecule has 6 aromatic rings. The molecule has 6 rings (SSSR count). The minimum atomic E-state index is -0.789. The number of hydrogen-bond acceptors (Lipinski definition) is 15. The van der Waals surface area contributed by atoms with Crippen molar-refractivity contribution < 1.29 is 71.4 Å². The van der Waals surface area contributed by atoms with Gasteiger partial charge in [0.25, 0.3) is 0 Å². The van der Waals surface area contributed by atoms with Gasteiger partial charge in [-0.05, 0) is 93.6 Å². The molecule has 0 aromatic heterocycles. The van der Waals surface area contributed by atoms with Crippen molar-refractivity contribution in [3.63, 3.8) is 0 Å². The summed E-state index contributed by atoms with van der Waals surface area (Å²) < 4.78 is 51.4. The van der Waals surface area contributed by atoms with Crippen molar-refractivity contribution in [3.8, 4) is 17.2 Å². The zero-order chi connectivity index (χ0) is 52.7. The van der Waals surface area contributed by atoms with Crippen molar-refractivity contribution in [1.29, 1.82) is 0 Å². The van der Waals surface area contributed by atoms with Gasteiger partial charge in [-0.25, -0.2) is 14.4 Å². The van der Waals surface area contributed by atoms with Gasteiger partial charge in [0.05, 0.1) is 39.6 Å². The highest BCUT2D eigenvalue weighted by Crippen LogP contribution is 2.22. The number of ether oxygens (including phenoxy) is 9. The second-order valence-corrected chi connectivity index (χ2v) is 17.8. The Morgan fingerprint density at radius 1 is 0.351 bits per heavy atom. The molecule has 0 amide bonds. The van der Waals surface area contributed by atoms with Crippen LogP contribution in [0.25, 0.3) is 0 Å². The Kier molecular flexibility index (Phi) is 21.2. The lowest BCUT2D eigenvalue weighted by atomic mass is 9.94. The molecule has 3 atom stereocenters. The standard InChI is InChI=1S/C59H60O15/c1-41(72-53(60)35-69-50-26-20-47(21-27-50)56(63)44-14-8-5-9-15-44)32-66-38-59(4,39-67-33-42(2)73-54(61)36-70-51-28-22-48(23-29-51)57(64)45-16-10-6-11-17-45)40-68-34-43(3)74-55(62)37-71-52-30-24-49(25-31-52)58(65)46-18-12-7-13-19-46/h5-31,41-43H,32-40H2,1-4H3. The third kappa shape index (κ3) is 18.3. The molecular weight excluding hydrogens is 949 g/mol. The lowest BCUT2D eigenvalue weighted by molar-refractivity contribution is -0.157. The summed E-state index contributed by atoms with van der Waals surface area (Å²) >= 11 is 0. The molecule has 74 heavy (non-hydrogen) atoms. The van der Waals surface area contributed by atoms with E-state index in [1.807, 2.05) is 25.1 Å². The summed E-state index contributed by atoms with van der Waals surface area (Å²) in [6.45, 7) is 6.15. The Balaban J connectivity index is 0.937. The molecule has 0 saturated heterocycles. The zero-order valence-electron chi connectivity index (χ0n) is 41.8. The van der Waals surface area contributed by atoms with Crippen LogP contribution in [0.1, 0.15) is 75.5 Å². The van der Waals surface area contributed by atoms with Crippen molar-refractivity contribution >= 4 is 35.3 Å². The lowest BCUT2D eigenvalue weighted by Gasteiger charge is -2.30. The fourth-order valence-corrected chi connectivity index (χ4v) is 7.22. The maximum atomic E-state index is 12.7. The minimum absolute atomic E-state index is 0.0256. The second-order valence-electron chi connectivity index (χ2n) is 17.8. The van der Waals surface area contributed by atoms with Gasteiger partial charge in [0.15, 0.2) is 37.2 Å². The third-order valence-corrected chi connectivity index (χ3v) is 10.9. The molecule has 0 N–H and O–H groups in total. The summed E-state index contributed by atoms with van der Waals surface area (Å²) in [6.07, 6.45) is -1.97. The van der Waals surface area contributed by atoms with E-state index < -0.39 is 41.6 Å². The number of carbonyl (C=O) groups is 6. The normalized spacial score (nSPS) is 13.0. The molecule has 386 valence electrons. The lowest BCUT2D eigenvalue weighted by Crippen LogP contribution is -2.38. The topological polar surface area (TPSA) is 185 Å². The Hall–Kier alpha value is -7.98. The van der Waals surface area contributed by atoms with Gasteiger partial charge in [0, 0.05) is 38.8 Å². The van der Waals surface area contributed by atoms with Crippen LogP contribution < -0.4 is 14.2 Å². The van der Waals surface area contributed by atoms with Gasteiger partial charge in [0.1, 0.15) is 35.6 Å². The predicted octanol–water partition coefficient (Wildman–Crippen LogP) is 8.77. The molecule has 0 aliphatic carbocycles. The summed E-state index contributed by atoms with van der Waals surface area (Å²) in [6, 6.07) is 46.1. The number of carbonyl (C=O) groups excluding carboxylic acids is 6. The van der Waals surface area contributed by atoms with Gasteiger partial charge >= 0.3 is 17.9 Å². The van der Waals surface area contributed by atoms with Crippen LogP contribution in [0.15, 0.2) is 164 Å². The van der Waals surface area contributed by atoms with Crippen LogP contribution in [0.3, 0.4) is 0 Å². The van der Waals surface area contributed by atoms with E-state index in [4.69, 9.17) is 42.6 Å². The second kappa shape index (κ2) is 28.3. The van der Waals surface area contributed by atoms with Crippen LogP contribution in [0.2, 0.25) is 0 Å². The van der Waals surface area contributed by atoms with Crippen molar-refractivity contribution in [2.75, 3.05) is 59.5 Å². The third-order valence-electron chi connectivity index (χ3n) is 10.9. The molecule has 0 aliphatic rings. The summed E-state index contributed by atoms with van der Waals surface area (Å²) in [5.41, 5.74) is 2.34. The fraction of sp³-hybridized carbons (Fsp3) is 0.288. The summed E-state index contributed by atoms with van der Waals surface area (Å²) in [5, 5.41) is 0. The first kappa shape index (κ1) is 55.3. The Morgan fingerprint density at radius 3 is 0.824 bits per heavy atom. The molecule has 0 radical (unpaired) electrons. The molecule has 15 heteroatoms. The van der Waals surface area contributed by atoms with Crippen molar-refractivity contribution in [2.45, 2.75) is 46.0 Å². The summed E-state index contributed by atoms with van der Waals surface area (Å²) in [7, 11) is 0.